The lowest BCUT2D eigenvalue weighted by Crippen LogP contribution is -2.39. The van der Waals surface area contributed by atoms with Gasteiger partial charge in [-0.2, -0.15) is 0 Å². The fourth-order valence-electron chi connectivity index (χ4n) is 1.58. The normalized spacial score (nSPS) is 11.2. The highest BCUT2D eigenvalue weighted by Gasteiger charge is 2.15. The predicted octanol–water partition coefficient (Wildman–Crippen LogP) is -2.18. The summed E-state index contributed by atoms with van der Waals surface area (Å²) in [5.41, 5.74) is -0.506. The molecule has 8 heteroatoms. The number of aliphatic hydroxyl groups excluding tert-OH is 1. The molecule has 0 bridgehead atoms. The predicted molar refractivity (Wildman–Crippen MR) is 55.1 cm³/mol. The minimum atomic E-state index is -0.507. The lowest BCUT2D eigenvalue weighted by Gasteiger charge is -2.06. The van der Waals surface area contributed by atoms with Crippen molar-refractivity contribution in [1.29, 1.82) is 0 Å². The molecule has 0 aliphatic rings. The molecule has 0 spiro atoms. The fraction of sp³-hybridized carbons (Fsp3) is 0.500. The van der Waals surface area contributed by atoms with Crippen LogP contribution in [0.25, 0.3) is 11.2 Å². The number of fused-ring (bicyclic) bond motifs is 1. The van der Waals surface area contributed by atoms with Crippen molar-refractivity contribution < 1.29 is 5.11 Å². The van der Waals surface area contributed by atoms with Gasteiger partial charge in [0.15, 0.2) is 11.2 Å². The zero-order valence-corrected chi connectivity index (χ0v) is 8.91. The van der Waals surface area contributed by atoms with E-state index in [1.54, 1.807) is 7.05 Å². The van der Waals surface area contributed by atoms with Crippen LogP contribution in [0.15, 0.2) is 9.59 Å². The van der Waals surface area contributed by atoms with Crippen molar-refractivity contribution in [3.63, 3.8) is 0 Å². The van der Waals surface area contributed by atoms with Crippen molar-refractivity contribution in [3.05, 3.63) is 20.8 Å². The molecular formula is C8H11N5O3. The van der Waals surface area contributed by atoms with Crippen LogP contribution in [0.5, 0.6) is 0 Å². The van der Waals surface area contributed by atoms with Gasteiger partial charge in [-0.15, -0.1) is 5.10 Å². The third-order valence-corrected chi connectivity index (χ3v) is 2.41. The first-order valence-electron chi connectivity index (χ1n) is 4.68. The van der Waals surface area contributed by atoms with Crippen LogP contribution in [0, 0.1) is 0 Å². The number of hydrogen-bond donors (Lipinski definition) is 1. The summed E-state index contributed by atoms with van der Waals surface area (Å²) in [6, 6.07) is 0. The average Bonchev–Trinajstić information content (AvgIpc) is 2.64. The number of aliphatic hydroxyl groups is 1. The maximum absolute atomic E-state index is 11.8. The quantitative estimate of drug-likeness (QED) is 0.627. The highest BCUT2D eigenvalue weighted by Crippen LogP contribution is 2.01. The standard InChI is InChI=1S/C8H11N5O3/c1-11-7(15)5-6(9-10-12(5)2)13(3-4-14)8(11)16/h14H,3-4H2,1-2H3. The van der Waals surface area contributed by atoms with Crippen molar-refractivity contribution in [2.45, 2.75) is 6.54 Å². The summed E-state index contributed by atoms with van der Waals surface area (Å²) < 4.78 is 3.51. The molecule has 0 fully saturated rings. The lowest BCUT2D eigenvalue weighted by atomic mass is 10.5. The van der Waals surface area contributed by atoms with E-state index in [1.807, 2.05) is 0 Å². The molecule has 0 radical (unpaired) electrons. The smallest absolute Gasteiger partial charge is 0.332 e. The van der Waals surface area contributed by atoms with Gasteiger partial charge in [0.1, 0.15) is 0 Å². The van der Waals surface area contributed by atoms with Gasteiger partial charge in [-0.1, -0.05) is 5.21 Å². The highest BCUT2D eigenvalue weighted by molar-refractivity contribution is 5.68. The second-order valence-electron chi connectivity index (χ2n) is 3.41. The van der Waals surface area contributed by atoms with Gasteiger partial charge in [0.2, 0.25) is 0 Å². The molecule has 0 aliphatic carbocycles. The summed E-state index contributed by atoms with van der Waals surface area (Å²) >= 11 is 0. The third-order valence-electron chi connectivity index (χ3n) is 2.41. The topological polar surface area (TPSA) is 94.9 Å². The molecule has 0 unspecified atom stereocenters. The Morgan fingerprint density at radius 1 is 1.31 bits per heavy atom. The molecular weight excluding hydrogens is 214 g/mol. The van der Waals surface area contributed by atoms with E-state index in [2.05, 4.69) is 10.3 Å². The third kappa shape index (κ3) is 1.27. The first-order chi connectivity index (χ1) is 7.57. The van der Waals surface area contributed by atoms with Crippen LogP contribution < -0.4 is 11.2 Å². The maximum Gasteiger partial charge on any atom is 0.332 e. The van der Waals surface area contributed by atoms with E-state index >= 15 is 0 Å². The Labute approximate surface area is 89.3 Å². The maximum atomic E-state index is 11.8. The molecule has 0 atom stereocenters. The molecule has 0 aromatic carbocycles. The summed E-state index contributed by atoms with van der Waals surface area (Å²) in [5.74, 6) is 0. The summed E-state index contributed by atoms with van der Waals surface area (Å²) in [7, 11) is 2.95. The second-order valence-corrected chi connectivity index (χ2v) is 3.41. The number of hydrogen-bond acceptors (Lipinski definition) is 5. The van der Waals surface area contributed by atoms with Crippen LogP contribution >= 0.6 is 0 Å². The average molecular weight is 225 g/mol. The van der Waals surface area contributed by atoms with Gasteiger partial charge in [-0.25, -0.2) is 9.48 Å². The summed E-state index contributed by atoms with van der Waals surface area (Å²) in [6.45, 7) is -0.119. The molecule has 86 valence electrons. The van der Waals surface area contributed by atoms with Crippen molar-refractivity contribution >= 4 is 11.2 Å². The van der Waals surface area contributed by atoms with Crippen molar-refractivity contribution in [3.8, 4) is 0 Å². The summed E-state index contributed by atoms with van der Waals surface area (Å²) in [6.07, 6.45) is 0. The largest absolute Gasteiger partial charge is 0.395 e. The zero-order chi connectivity index (χ0) is 11.9. The molecule has 0 amide bonds. The van der Waals surface area contributed by atoms with E-state index in [0.717, 1.165) is 4.57 Å². The van der Waals surface area contributed by atoms with Crippen LogP contribution in [-0.4, -0.2) is 35.8 Å². The Hall–Kier alpha value is -1.96. The van der Waals surface area contributed by atoms with Gasteiger partial charge in [-0.3, -0.25) is 13.9 Å². The van der Waals surface area contributed by atoms with E-state index in [1.165, 1.54) is 16.3 Å². The molecule has 0 saturated carbocycles. The number of rotatable bonds is 2. The molecule has 2 aromatic heterocycles. The van der Waals surface area contributed by atoms with E-state index in [0.29, 0.717) is 0 Å². The van der Waals surface area contributed by atoms with Gasteiger partial charge in [0, 0.05) is 14.1 Å². The monoisotopic (exact) mass is 225 g/mol. The zero-order valence-electron chi connectivity index (χ0n) is 8.91. The summed E-state index contributed by atoms with van der Waals surface area (Å²) in [5, 5.41) is 16.3. The van der Waals surface area contributed by atoms with E-state index in [9.17, 15) is 9.59 Å². The Kier molecular flexibility index (Phi) is 2.35. The molecule has 2 rings (SSSR count). The number of aryl methyl sites for hydroxylation is 1. The molecule has 2 aromatic rings. The number of aromatic nitrogens is 5. The first-order valence-corrected chi connectivity index (χ1v) is 4.68. The Balaban J connectivity index is 3.00. The second kappa shape index (κ2) is 3.56. The van der Waals surface area contributed by atoms with Crippen molar-refractivity contribution in [2.75, 3.05) is 6.61 Å². The van der Waals surface area contributed by atoms with Crippen LogP contribution in [0.2, 0.25) is 0 Å². The van der Waals surface area contributed by atoms with Gasteiger partial charge in [0.25, 0.3) is 5.56 Å². The summed E-state index contributed by atoms with van der Waals surface area (Å²) in [4.78, 5) is 23.5. The van der Waals surface area contributed by atoms with Gasteiger partial charge < -0.3 is 5.11 Å². The minimum absolute atomic E-state index is 0.0855. The van der Waals surface area contributed by atoms with E-state index in [-0.39, 0.29) is 24.3 Å². The number of nitrogens with zero attached hydrogens (tertiary/aromatic N) is 5. The molecule has 16 heavy (non-hydrogen) atoms. The first kappa shape index (κ1) is 10.6. The highest BCUT2D eigenvalue weighted by atomic mass is 16.3. The van der Waals surface area contributed by atoms with E-state index in [4.69, 9.17) is 5.11 Å². The lowest BCUT2D eigenvalue weighted by molar-refractivity contribution is 0.274. The van der Waals surface area contributed by atoms with Crippen LogP contribution in [0.3, 0.4) is 0 Å². The fourth-order valence-corrected chi connectivity index (χ4v) is 1.58. The van der Waals surface area contributed by atoms with Crippen molar-refractivity contribution in [1.82, 2.24) is 24.1 Å². The molecule has 8 nitrogen and oxygen atoms in total. The van der Waals surface area contributed by atoms with Crippen molar-refractivity contribution in [2.24, 2.45) is 14.1 Å². The SMILES string of the molecule is Cn1c(=O)c2c(nnn2C)n(CCO)c1=O. The van der Waals surface area contributed by atoms with E-state index < -0.39 is 11.2 Å². The minimum Gasteiger partial charge on any atom is -0.395 e. The van der Waals surface area contributed by atoms with Crippen LogP contribution in [0.4, 0.5) is 0 Å². The van der Waals surface area contributed by atoms with Gasteiger partial charge >= 0.3 is 5.69 Å². The van der Waals surface area contributed by atoms with Gasteiger partial charge in [0.05, 0.1) is 13.2 Å². The molecule has 1 N–H and O–H groups in total. The Morgan fingerprint density at radius 2 is 2.00 bits per heavy atom. The molecule has 2 heterocycles. The Morgan fingerprint density at radius 3 is 2.62 bits per heavy atom. The molecule has 0 aliphatic heterocycles. The Bertz CT molecular complexity index is 650. The van der Waals surface area contributed by atoms with Crippen LogP contribution in [-0.2, 0) is 20.6 Å². The van der Waals surface area contributed by atoms with Gasteiger partial charge in [-0.05, 0) is 0 Å². The molecule has 0 saturated heterocycles. The van der Waals surface area contributed by atoms with Crippen LogP contribution in [0.1, 0.15) is 0 Å².